The fourth-order valence-electron chi connectivity index (χ4n) is 2.69. The highest BCUT2D eigenvalue weighted by Crippen LogP contribution is 2.31. The van der Waals surface area contributed by atoms with Crippen molar-refractivity contribution in [2.75, 3.05) is 0 Å². The van der Waals surface area contributed by atoms with Crippen LogP contribution in [0.1, 0.15) is 16.7 Å². The summed E-state index contributed by atoms with van der Waals surface area (Å²) < 4.78 is 5.80. The molecule has 0 radical (unpaired) electrons. The first-order chi connectivity index (χ1) is 9.90. The minimum atomic E-state index is 0.676. The first-order valence-corrected chi connectivity index (χ1v) is 6.82. The molecule has 0 N–H and O–H groups in total. The Labute approximate surface area is 118 Å². The van der Waals surface area contributed by atoms with Crippen molar-refractivity contribution < 1.29 is 4.74 Å². The van der Waals surface area contributed by atoms with Gasteiger partial charge in [0.05, 0.1) is 0 Å². The predicted octanol–water partition coefficient (Wildman–Crippen LogP) is 4.87. The maximum absolute atomic E-state index is 5.80. The van der Waals surface area contributed by atoms with Crippen molar-refractivity contribution in [3.05, 3.63) is 83.4 Å². The summed E-state index contributed by atoms with van der Waals surface area (Å²) in [6.07, 6.45) is 2.12. The van der Waals surface area contributed by atoms with Gasteiger partial charge < -0.3 is 4.74 Å². The molecule has 3 aromatic carbocycles. The third-order valence-corrected chi connectivity index (χ3v) is 3.74. The molecule has 1 heteroatoms. The zero-order chi connectivity index (χ0) is 13.4. The lowest BCUT2D eigenvalue weighted by molar-refractivity contribution is 0.287. The first kappa shape index (κ1) is 11.3. The average molecular weight is 258 g/mol. The zero-order valence-corrected chi connectivity index (χ0v) is 11.0. The lowest BCUT2D eigenvalue weighted by atomic mass is 10.0. The van der Waals surface area contributed by atoms with Crippen molar-refractivity contribution in [2.45, 2.75) is 6.61 Å². The number of fused-ring (bicyclic) bond motifs is 2. The van der Waals surface area contributed by atoms with E-state index in [1.54, 1.807) is 0 Å². The highest BCUT2D eigenvalue weighted by Gasteiger charge is 2.16. The van der Waals surface area contributed by atoms with Gasteiger partial charge in [-0.1, -0.05) is 60.7 Å². The second-order valence-electron chi connectivity index (χ2n) is 5.06. The van der Waals surface area contributed by atoms with E-state index in [0.29, 0.717) is 6.61 Å². The summed E-state index contributed by atoms with van der Waals surface area (Å²) in [6, 6.07) is 23.3. The summed E-state index contributed by atoms with van der Waals surface area (Å²) in [7, 11) is 0. The SMILES string of the molecule is C(=C1/OCc2ccccc21)/c1ccc2ccccc2c1. The van der Waals surface area contributed by atoms with E-state index in [2.05, 4.69) is 72.8 Å². The Morgan fingerprint density at radius 1 is 0.800 bits per heavy atom. The maximum Gasteiger partial charge on any atom is 0.128 e. The third-order valence-electron chi connectivity index (χ3n) is 3.74. The Bertz CT molecular complexity index is 815. The van der Waals surface area contributed by atoms with Crippen LogP contribution in [-0.4, -0.2) is 0 Å². The van der Waals surface area contributed by atoms with Crippen LogP contribution in [0.4, 0.5) is 0 Å². The van der Waals surface area contributed by atoms with Gasteiger partial charge in [-0.15, -0.1) is 0 Å². The van der Waals surface area contributed by atoms with Crippen molar-refractivity contribution in [1.29, 1.82) is 0 Å². The highest BCUT2D eigenvalue weighted by molar-refractivity contribution is 5.88. The Balaban J connectivity index is 1.79. The second-order valence-corrected chi connectivity index (χ2v) is 5.06. The van der Waals surface area contributed by atoms with Crippen LogP contribution >= 0.6 is 0 Å². The Hall–Kier alpha value is -2.54. The molecule has 0 atom stereocenters. The minimum Gasteiger partial charge on any atom is -0.488 e. The molecule has 1 heterocycles. The molecule has 0 amide bonds. The highest BCUT2D eigenvalue weighted by atomic mass is 16.5. The Morgan fingerprint density at radius 3 is 2.55 bits per heavy atom. The third kappa shape index (κ3) is 1.88. The number of rotatable bonds is 1. The molecule has 0 spiro atoms. The van der Waals surface area contributed by atoms with Gasteiger partial charge in [0, 0.05) is 11.1 Å². The lowest BCUT2D eigenvalue weighted by Crippen LogP contribution is -1.81. The van der Waals surface area contributed by atoms with Crippen molar-refractivity contribution >= 4 is 22.6 Å². The molecule has 20 heavy (non-hydrogen) atoms. The fraction of sp³-hybridized carbons (Fsp3) is 0.0526. The van der Waals surface area contributed by atoms with Gasteiger partial charge in [-0.05, 0) is 28.5 Å². The monoisotopic (exact) mass is 258 g/mol. The molecule has 0 saturated carbocycles. The van der Waals surface area contributed by atoms with Gasteiger partial charge in [-0.2, -0.15) is 0 Å². The predicted molar refractivity (Wildman–Crippen MR) is 83.1 cm³/mol. The Kier molecular flexibility index (Phi) is 2.56. The topological polar surface area (TPSA) is 9.23 Å². The molecule has 1 nitrogen and oxygen atoms in total. The summed E-state index contributed by atoms with van der Waals surface area (Å²) >= 11 is 0. The largest absolute Gasteiger partial charge is 0.488 e. The standard InChI is InChI=1S/C19H14O/c1-2-6-16-11-14(9-10-15(16)5-1)12-19-18-8-4-3-7-17(18)13-20-19/h1-12H,13H2/b19-12-. The number of ether oxygens (including phenoxy) is 1. The van der Waals surface area contributed by atoms with Gasteiger partial charge in [0.15, 0.2) is 0 Å². The fourth-order valence-corrected chi connectivity index (χ4v) is 2.69. The molecule has 0 fully saturated rings. The minimum absolute atomic E-state index is 0.676. The normalized spacial score (nSPS) is 15.3. The van der Waals surface area contributed by atoms with E-state index >= 15 is 0 Å². The van der Waals surface area contributed by atoms with Gasteiger partial charge in [-0.25, -0.2) is 0 Å². The Morgan fingerprint density at radius 2 is 1.60 bits per heavy atom. The van der Waals surface area contributed by atoms with Crippen LogP contribution in [-0.2, 0) is 11.3 Å². The van der Waals surface area contributed by atoms with Crippen molar-refractivity contribution in [2.24, 2.45) is 0 Å². The summed E-state index contributed by atoms with van der Waals surface area (Å²) in [5.41, 5.74) is 3.65. The van der Waals surface area contributed by atoms with E-state index < -0.39 is 0 Å². The smallest absolute Gasteiger partial charge is 0.128 e. The van der Waals surface area contributed by atoms with Crippen LogP contribution in [0.5, 0.6) is 0 Å². The average Bonchev–Trinajstić information content (AvgIpc) is 2.91. The quantitative estimate of drug-likeness (QED) is 0.605. The summed E-state index contributed by atoms with van der Waals surface area (Å²) in [6.45, 7) is 0.676. The molecule has 1 aliphatic rings. The summed E-state index contributed by atoms with van der Waals surface area (Å²) in [5.74, 6) is 0.968. The first-order valence-electron chi connectivity index (χ1n) is 6.82. The van der Waals surface area contributed by atoms with Crippen LogP contribution in [0.15, 0.2) is 66.7 Å². The molecule has 0 bridgehead atoms. The van der Waals surface area contributed by atoms with Gasteiger partial charge in [0.25, 0.3) is 0 Å². The van der Waals surface area contributed by atoms with Gasteiger partial charge in [-0.3, -0.25) is 0 Å². The summed E-state index contributed by atoms with van der Waals surface area (Å²) in [5, 5.41) is 2.52. The van der Waals surface area contributed by atoms with Gasteiger partial charge in [0.1, 0.15) is 12.4 Å². The van der Waals surface area contributed by atoms with Gasteiger partial charge >= 0.3 is 0 Å². The number of benzene rings is 3. The van der Waals surface area contributed by atoms with Crippen molar-refractivity contribution in [3.63, 3.8) is 0 Å². The van der Waals surface area contributed by atoms with Crippen molar-refractivity contribution in [1.82, 2.24) is 0 Å². The molecule has 0 aliphatic carbocycles. The number of hydrogen-bond donors (Lipinski definition) is 0. The van der Waals surface area contributed by atoms with Crippen LogP contribution < -0.4 is 0 Å². The molecule has 4 rings (SSSR count). The molecule has 0 aromatic heterocycles. The van der Waals surface area contributed by atoms with Crippen LogP contribution in [0.2, 0.25) is 0 Å². The molecule has 1 aliphatic heterocycles. The molecule has 0 saturated heterocycles. The van der Waals surface area contributed by atoms with Crippen LogP contribution in [0.3, 0.4) is 0 Å². The molecule has 3 aromatic rings. The number of hydrogen-bond acceptors (Lipinski definition) is 1. The molecular weight excluding hydrogens is 244 g/mol. The van der Waals surface area contributed by atoms with Crippen LogP contribution in [0.25, 0.3) is 22.6 Å². The molecule has 0 unspecified atom stereocenters. The lowest BCUT2D eigenvalue weighted by Gasteiger charge is -2.02. The van der Waals surface area contributed by atoms with E-state index in [1.165, 1.54) is 27.5 Å². The zero-order valence-electron chi connectivity index (χ0n) is 11.0. The van der Waals surface area contributed by atoms with Crippen molar-refractivity contribution in [3.8, 4) is 0 Å². The molecule has 96 valence electrons. The van der Waals surface area contributed by atoms with E-state index in [1.807, 2.05) is 0 Å². The second kappa shape index (κ2) is 4.53. The van der Waals surface area contributed by atoms with E-state index in [4.69, 9.17) is 4.74 Å². The van der Waals surface area contributed by atoms with E-state index in [0.717, 1.165) is 5.76 Å². The van der Waals surface area contributed by atoms with Crippen LogP contribution in [0, 0.1) is 0 Å². The van der Waals surface area contributed by atoms with E-state index in [9.17, 15) is 0 Å². The van der Waals surface area contributed by atoms with E-state index in [-0.39, 0.29) is 0 Å². The van der Waals surface area contributed by atoms with Gasteiger partial charge in [0.2, 0.25) is 0 Å². The molecular formula is C19H14O. The maximum atomic E-state index is 5.80. The summed E-state index contributed by atoms with van der Waals surface area (Å²) in [4.78, 5) is 0.